The lowest BCUT2D eigenvalue weighted by molar-refractivity contribution is -0.136. The molecule has 0 aliphatic rings. The zero-order valence-electron chi connectivity index (χ0n) is 8.04. The van der Waals surface area contributed by atoms with Crippen molar-refractivity contribution in [1.29, 1.82) is 0 Å². The molecule has 0 saturated carbocycles. The number of rotatable bonds is 4. The lowest BCUT2D eigenvalue weighted by Crippen LogP contribution is -2.23. The van der Waals surface area contributed by atoms with Gasteiger partial charge in [-0.1, -0.05) is 11.6 Å². The second kappa shape index (κ2) is 4.43. The first kappa shape index (κ1) is 11.0. The number of carboxylic acid groups (broad SMARTS) is 1. The summed E-state index contributed by atoms with van der Waals surface area (Å²) in [6.07, 6.45) is 0. The van der Waals surface area contributed by atoms with Crippen LogP contribution in [0.3, 0.4) is 0 Å². The lowest BCUT2D eigenvalue weighted by atomic mass is 10.3. The van der Waals surface area contributed by atoms with E-state index in [1.54, 1.807) is 11.7 Å². The molecule has 6 heteroatoms. The summed E-state index contributed by atoms with van der Waals surface area (Å²) in [5.74, 6) is -0.889. The number of carbonyl (C=O) groups is 1. The van der Waals surface area contributed by atoms with Crippen molar-refractivity contribution in [1.82, 2.24) is 15.1 Å². The number of nitrogens with zero attached hydrogens (tertiary/aromatic N) is 2. The molecule has 0 saturated heterocycles. The first-order chi connectivity index (χ1) is 6.52. The maximum atomic E-state index is 10.2. The summed E-state index contributed by atoms with van der Waals surface area (Å²) in [5, 5.41) is 15.9. The van der Waals surface area contributed by atoms with E-state index in [4.69, 9.17) is 16.7 Å². The second-order valence-corrected chi connectivity index (χ2v) is 3.34. The van der Waals surface area contributed by atoms with Gasteiger partial charge in [-0.3, -0.25) is 9.48 Å². The average Bonchev–Trinajstić information content (AvgIpc) is 2.31. The largest absolute Gasteiger partial charge is 0.480 e. The van der Waals surface area contributed by atoms with E-state index in [2.05, 4.69) is 10.4 Å². The van der Waals surface area contributed by atoms with Crippen LogP contribution in [0.25, 0.3) is 0 Å². The molecule has 14 heavy (non-hydrogen) atoms. The molecule has 1 aromatic heterocycles. The molecule has 2 N–H and O–H groups in total. The molecule has 1 heterocycles. The van der Waals surface area contributed by atoms with Gasteiger partial charge in [-0.2, -0.15) is 5.10 Å². The number of aromatic nitrogens is 2. The predicted molar refractivity (Wildman–Crippen MR) is 52.3 cm³/mol. The van der Waals surface area contributed by atoms with Crippen LogP contribution in [-0.2, 0) is 18.4 Å². The van der Waals surface area contributed by atoms with Crippen molar-refractivity contribution in [2.45, 2.75) is 13.5 Å². The zero-order valence-corrected chi connectivity index (χ0v) is 8.80. The molecule has 0 fully saturated rings. The van der Waals surface area contributed by atoms with Gasteiger partial charge in [0.15, 0.2) is 0 Å². The van der Waals surface area contributed by atoms with Gasteiger partial charge in [0.05, 0.1) is 23.0 Å². The molecule has 0 spiro atoms. The van der Waals surface area contributed by atoms with Crippen molar-refractivity contribution in [3.8, 4) is 0 Å². The lowest BCUT2D eigenvalue weighted by Gasteiger charge is -2.02. The normalized spacial score (nSPS) is 10.5. The molecule has 0 unspecified atom stereocenters. The third-order valence-electron chi connectivity index (χ3n) is 1.83. The van der Waals surface area contributed by atoms with E-state index < -0.39 is 5.97 Å². The summed E-state index contributed by atoms with van der Waals surface area (Å²) in [6, 6.07) is 0. The van der Waals surface area contributed by atoms with Gasteiger partial charge in [-0.25, -0.2) is 0 Å². The SMILES string of the molecule is Cc1nn(C)c(CNCC(=O)O)c1Cl. The molecule has 0 atom stereocenters. The minimum Gasteiger partial charge on any atom is -0.480 e. The van der Waals surface area contributed by atoms with Crippen molar-refractivity contribution in [3.63, 3.8) is 0 Å². The highest BCUT2D eigenvalue weighted by Crippen LogP contribution is 2.18. The Labute approximate surface area is 86.7 Å². The Hall–Kier alpha value is -1.07. The number of nitrogens with one attached hydrogen (secondary N) is 1. The Bertz CT molecular complexity index is 349. The minimum atomic E-state index is -0.889. The average molecular weight is 218 g/mol. The second-order valence-electron chi connectivity index (χ2n) is 2.97. The van der Waals surface area contributed by atoms with Gasteiger partial charge in [0.25, 0.3) is 0 Å². The van der Waals surface area contributed by atoms with Crippen LogP contribution >= 0.6 is 11.6 Å². The molecule has 0 aliphatic carbocycles. The first-order valence-electron chi connectivity index (χ1n) is 4.13. The van der Waals surface area contributed by atoms with E-state index in [9.17, 15) is 4.79 Å². The summed E-state index contributed by atoms with van der Waals surface area (Å²) in [6.45, 7) is 2.13. The molecular weight excluding hydrogens is 206 g/mol. The van der Waals surface area contributed by atoms with Crippen LogP contribution in [0.4, 0.5) is 0 Å². The topological polar surface area (TPSA) is 67.2 Å². The Morgan fingerprint density at radius 1 is 1.71 bits per heavy atom. The summed E-state index contributed by atoms with van der Waals surface area (Å²) in [7, 11) is 1.77. The van der Waals surface area contributed by atoms with Crippen molar-refractivity contribution in [3.05, 3.63) is 16.4 Å². The zero-order chi connectivity index (χ0) is 10.7. The Balaban J connectivity index is 2.62. The molecular formula is C8H12ClN3O2. The monoisotopic (exact) mass is 217 g/mol. The van der Waals surface area contributed by atoms with E-state index in [0.717, 1.165) is 11.4 Å². The highest BCUT2D eigenvalue weighted by Gasteiger charge is 2.10. The van der Waals surface area contributed by atoms with Crippen molar-refractivity contribution >= 4 is 17.6 Å². The van der Waals surface area contributed by atoms with Crippen LogP contribution < -0.4 is 5.32 Å². The summed E-state index contributed by atoms with van der Waals surface area (Å²) in [4.78, 5) is 10.2. The fourth-order valence-electron chi connectivity index (χ4n) is 1.16. The van der Waals surface area contributed by atoms with E-state index in [1.807, 2.05) is 6.92 Å². The number of carboxylic acids is 1. The number of aryl methyl sites for hydroxylation is 2. The van der Waals surface area contributed by atoms with Gasteiger partial charge in [-0.05, 0) is 6.92 Å². The highest BCUT2D eigenvalue weighted by molar-refractivity contribution is 6.31. The Morgan fingerprint density at radius 3 is 2.79 bits per heavy atom. The standard InChI is InChI=1S/C8H12ClN3O2/c1-5-8(9)6(12(2)11-5)3-10-4-7(13)14/h10H,3-4H2,1-2H3,(H,13,14). The van der Waals surface area contributed by atoms with E-state index in [0.29, 0.717) is 11.6 Å². The maximum Gasteiger partial charge on any atom is 0.317 e. The maximum absolute atomic E-state index is 10.2. The van der Waals surface area contributed by atoms with E-state index in [-0.39, 0.29) is 6.54 Å². The van der Waals surface area contributed by atoms with Gasteiger partial charge >= 0.3 is 5.97 Å². The van der Waals surface area contributed by atoms with Crippen LogP contribution in [-0.4, -0.2) is 27.4 Å². The molecule has 0 amide bonds. The van der Waals surface area contributed by atoms with Gasteiger partial charge in [-0.15, -0.1) is 0 Å². The van der Waals surface area contributed by atoms with Crippen LogP contribution in [0.15, 0.2) is 0 Å². The van der Waals surface area contributed by atoms with E-state index >= 15 is 0 Å². The predicted octanol–water partition coefficient (Wildman–Crippen LogP) is 0.556. The number of halogens is 1. The van der Waals surface area contributed by atoms with Gasteiger partial charge in [0.1, 0.15) is 0 Å². The van der Waals surface area contributed by atoms with Crippen molar-refractivity contribution in [2.24, 2.45) is 7.05 Å². The van der Waals surface area contributed by atoms with Crippen LogP contribution in [0.1, 0.15) is 11.4 Å². The van der Waals surface area contributed by atoms with Crippen molar-refractivity contribution in [2.75, 3.05) is 6.54 Å². The molecule has 0 aromatic carbocycles. The first-order valence-corrected chi connectivity index (χ1v) is 4.50. The smallest absolute Gasteiger partial charge is 0.317 e. The Kier molecular flexibility index (Phi) is 3.49. The summed E-state index contributed by atoms with van der Waals surface area (Å²) >= 11 is 5.96. The summed E-state index contributed by atoms with van der Waals surface area (Å²) < 4.78 is 1.65. The quantitative estimate of drug-likeness (QED) is 0.773. The van der Waals surface area contributed by atoms with E-state index in [1.165, 1.54) is 0 Å². The molecule has 1 rings (SSSR count). The highest BCUT2D eigenvalue weighted by atomic mass is 35.5. The van der Waals surface area contributed by atoms with Gasteiger partial charge in [0, 0.05) is 13.6 Å². The number of hydrogen-bond acceptors (Lipinski definition) is 3. The molecule has 0 bridgehead atoms. The van der Waals surface area contributed by atoms with Crippen LogP contribution in [0.2, 0.25) is 5.02 Å². The van der Waals surface area contributed by atoms with Gasteiger partial charge in [0.2, 0.25) is 0 Å². The van der Waals surface area contributed by atoms with Crippen molar-refractivity contribution < 1.29 is 9.90 Å². The van der Waals surface area contributed by atoms with Crippen LogP contribution in [0.5, 0.6) is 0 Å². The third kappa shape index (κ3) is 2.46. The molecule has 5 nitrogen and oxygen atoms in total. The third-order valence-corrected chi connectivity index (χ3v) is 2.32. The van der Waals surface area contributed by atoms with Crippen LogP contribution in [0, 0.1) is 6.92 Å². The molecule has 0 aliphatic heterocycles. The fourth-order valence-corrected chi connectivity index (χ4v) is 1.39. The number of aliphatic carboxylic acids is 1. The molecule has 0 radical (unpaired) electrons. The fraction of sp³-hybridized carbons (Fsp3) is 0.500. The minimum absolute atomic E-state index is 0.0828. The molecule has 1 aromatic rings. The number of hydrogen-bond donors (Lipinski definition) is 2. The molecule has 78 valence electrons. The Morgan fingerprint density at radius 2 is 2.36 bits per heavy atom. The van der Waals surface area contributed by atoms with Gasteiger partial charge < -0.3 is 10.4 Å². The summed E-state index contributed by atoms with van der Waals surface area (Å²) in [5.41, 5.74) is 1.55.